The number of fused-ring (bicyclic) bond motifs is 1. The van der Waals surface area contributed by atoms with Crippen LogP contribution in [0, 0.1) is 0 Å². The van der Waals surface area contributed by atoms with Crippen molar-refractivity contribution in [1.29, 1.82) is 0 Å². The number of amides is 3. The molecule has 32 heavy (non-hydrogen) atoms. The zero-order valence-corrected chi connectivity index (χ0v) is 18.0. The van der Waals surface area contributed by atoms with Crippen molar-refractivity contribution < 1.29 is 23.5 Å². The van der Waals surface area contributed by atoms with Crippen LogP contribution in [0.4, 0.5) is 4.79 Å². The molecule has 1 aromatic carbocycles. The number of carbonyl (C=O) groups is 3. The molecule has 1 aromatic heterocycles. The molecule has 9 heteroatoms. The van der Waals surface area contributed by atoms with Crippen LogP contribution in [0.2, 0.25) is 0 Å². The van der Waals surface area contributed by atoms with E-state index < -0.39 is 24.1 Å². The van der Waals surface area contributed by atoms with E-state index in [1.165, 1.54) is 6.26 Å². The highest BCUT2D eigenvalue weighted by atomic mass is 16.5. The lowest BCUT2D eigenvalue weighted by Crippen LogP contribution is -2.53. The van der Waals surface area contributed by atoms with Crippen LogP contribution in [0.3, 0.4) is 0 Å². The van der Waals surface area contributed by atoms with Crippen LogP contribution in [-0.2, 0) is 27.3 Å². The highest BCUT2D eigenvalue weighted by Crippen LogP contribution is 2.30. The molecule has 0 saturated carbocycles. The lowest BCUT2D eigenvalue weighted by atomic mass is 9.92. The second-order valence-corrected chi connectivity index (χ2v) is 7.67. The van der Waals surface area contributed by atoms with Crippen molar-refractivity contribution in [3.05, 3.63) is 70.8 Å². The predicted molar refractivity (Wildman–Crippen MR) is 115 cm³/mol. The summed E-state index contributed by atoms with van der Waals surface area (Å²) in [5.41, 5.74) is 2.87. The second-order valence-electron chi connectivity index (χ2n) is 7.67. The molecular formula is C23H26N4O5. The summed E-state index contributed by atoms with van der Waals surface area (Å²) in [7, 11) is 1.60. The third-order valence-electron chi connectivity index (χ3n) is 5.73. The number of ether oxygens (including phenoxy) is 1. The fourth-order valence-corrected chi connectivity index (χ4v) is 4.23. The maximum Gasteiger partial charge on any atom is 0.338 e. The van der Waals surface area contributed by atoms with Crippen LogP contribution < -0.4 is 16.0 Å². The quantitative estimate of drug-likeness (QED) is 0.591. The molecule has 0 unspecified atom stereocenters. The Labute approximate surface area is 185 Å². The highest BCUT2D eigenvalue weighted by molar-refractivity contribution is 5.95. The van der Waals surface area contributed by atoms with E-state index in [1.54, 1.807) is 26.1 Å². The molecule has 3 amide bonds. The largest absolute Gasteiger partial charge is 0.467 e. The maximum atomic E-state index is 12.9. The molecule has 4 rings (SSSR count). The summed E-state index contributed by atoms with van der Waals surface area (Å²) < 4.78 is 10.8. The smallest absolute Gasteiger partial charge is 0.338 e. The van der Waals surface area contributed by atoms with Crippen LogP contribution in [-0.4, -0.2) is 49.0 Å². The van der Waals surface area contributed by atoms with E-state index in [-0.39, 0.29) is 24.6 Å². The van der Waals surface area contributed by atoms with E-state index >= 15 is 0 Å². The Morgan fingerprint density at radius 1 is 1.22 bits per heavy atom. The first kappa shape index (κ1) is 21.6. The van der Waals surface area contributed by atoms with Gasteiger partial charge in [-0.15, -0.1) is 0 Å². The van der Waals surface area contributed by atoms with E-state index in [2.05, 4.69) is 16.0 Å². The number of nitrogens with one attached hydrogen (secondary N) is 3. The Bertz CT molecular complexity index is 1050. The van der Waals surface area contributed by atoms with Gasteiger partial charge >= 0.3 is 12.0 Å². The van der Waals surface area contributed by atoms with Crippen molar-refractivity contribution >= 4 is 17.9 Å². The van der Waals surface area contributed by atoms with Gasteiger partial charge in [-0.05, 0) is 36.6 Å². The molecular weight excluding hydrogens is 412 g/mol. The Balaban J connectivity index is 1.74. The van der Waals surface area contributed by atoms with Crippen molar-refractivity contribution in [2.75, 3.05) is 20.2 Å². The lowest BCUT2D eigenvalue weighted by molar-refractivity contribution is -0.139. The third-order valence-corrected chi connectivity index (χ3v) is 5.73. The average molecular weight is 438 g/mol. The normalized spacial score (nSPS) is 20.8. The van der Waals surface area contributed by atoms with Gasteiger partial charge < -0.3 is 25.1 Å². The minimum absolute atomic E-state index is 0.124. The van der Waals surface area contributed by atoms with Crippen molar-refractivity contribution in [3.8, 4) is 0 Å². The molecule has 0 spiro atoms. The van der Waals surface area contributed by atoms with Crippen LogP contribution in [0.1, 0.15) is 29.9 Å². The molecule has 168 valence electrons. The molecule has 9 nitrogen and oxygen atoms in total. The SMILES string of the molecule is CCOC(=O)C1=C(CN2Cc3ccccc3C[C@H]2C(=O)NC)NC(=O)N[C@H]1c1ccco1. The van der Waals surface area contributed by atoms with Gasteiger partial charge in [-0.2, -0.15) is 0 Å². The van der Waals surface area contributed by atoms with Crippen molar-refractivity contribution in [1.82, 2.24) is 20.9 Å². The molecule has 0 saturated heterocycles. The van der Waals surface area contributed by atoms with Crippen LogP contribution in [0.15, 0.2) is 58.3 Å². The van der Waals surface area contributed by atoms with Gasteiger partial charge in [-0.3, -0.25) is 9.69 Å². The van der Waals surface area contributed by atoms with Crippen LogP contribution in [0.25, 0.3) is 0 Å². The number of hydrogen-bond donors (Lipinski definition) is 3. The van der Waals surface area contributed by atoms with Gasteiger partial charge in [-0.1, -0.05) is 24.3 Å². The molecule has 0 bridgehead atoms. The molecule has 0 fully saturated rings. The Morgan fingerprint density at radius 3 is 2.69 bits per heavy atom. The van der Waals surface area contributed by atoms with Gasteiger partial charge in [0.15, 0.2) is 0 Å². The Hall–Kier alpha value is -3.59. The first-order valence-corrected chi connectivity index (χ1v) is 10.5. The number of carbonyl (C=O) groups excluding carboxylic acids is 3. The van der Waals surface area contributed by atoms with E-state index in [0.29, 0.717) is 24.4 Å². The van der Waals surface area contributed by atoms with Gasteiger partial charge in [0.1, 0.15) is 11.8 Å². The summed E-state index contributed by atoms with van der Waals surface area (Å²) >= 11 is 0. The number of furan rings is 1. The monoisotopic (exact) mass is 438 g/mol. The van der Waals surface area contributed by atoms with Gasteiger partial charge in [-0.25, -0.2) is 9.59 Å². The Morgan fingerprint density at radius 2 is 2.00 bits per heavy atom. The molecule has 2 aliphatic heterocycles. The van der Waals surface area contributed by atoms with Crippen LogP contribution >= 0.6 is 0 Å². The summed E-state index contributed by atoms with van der Waals surface area (Å²) in [5, 5.41) is 8.22. The van der Waals surface area contributed by atoms with Crippen molar-refractivity contribution in [2.24, 2.45) is 0 Å². The van der Waals surface area contributed by atoms with Gasteiger partial charge in [0.25, 0.3) is 0 Å². The fraction of sp³-hybridized carbons (Fsp3) is 0.348. The fourth-order valence-electron chi connectivity index (χ4n) is 4.23. The van der Waals surface area contributed by atoms with Crippen molar-refractivity contribution in [2.45, 2.75) is 32.0 Å². The predicted octanol–water partition coefficient (Wildman–Crippen LogP) is 1.62. The maximum absolute atomic E-state index is 12.9. The number of rotatable bonds is 6. The topological polar surface area (TPSA) is 113 Å². The number of benzene rings is 1. The summed E-state index contributed by atoms with van der Waals surface area (Å²) in [5.74, 6) is -0.252. The third kappa shape index (κ3) is 4.24. The minimum Gasteiger partial charge on any atom is -0.467 e. The first-order valence-electron chi connectivity index (χ1n) is 10.5. The summed E-state index contributed by atoms with van der Waals surface area (Å²) in [4.78, 5) is 40.0. The van der Waals surface area contributed by atoms with E-state index in [4.69, 9.17) is 9.15 Å². The highest BCUT2D eigenvalue weighted by Gasteiger charge is 2.38. The number of esters is 1. The van der Waals surface area contributed by atoms with E-state index in [0.717, 1.165) is 11.1 Å². The second kappa shape index (κ2) is 9.27. The molecule has 0 aliphatic carbocycles. The molecule has 3 heterocycles. The zero-order valence-electron chi connectivity index (χ0n) is 18.0. The summed E-state index contributed by atoms with van der Waals surface area (Å²) in [6.07, 6.45) is 2.01. The van der Waals surface area contributed by atoms with Gasteiger partial charge in [0, 0.05) is 25.8 Å². The number of urea groups is 1. The first-order chi connectivity index (χ1) is 15.5. The standard InChI is InChI=1S/C23H26N4O5/c1-3-31-22(29)19-16(25-23(30)26-20(19)18-9-6-10-32-18)13-27-12-15-8-5-4-7-14(15)11-17(27)21(28)24-2/h4-10,17,20H,3,11-13H2,1-2H3,(H,24,28)(H2,25,26,30)/t17-,20-/m0/s1. The number of nitrogens with zero attached hydrogens (tertiary/aromatic N) is 1. The summed E-state index contributed by atoms with van der Waals surface area (Å²) in [6.45, 7) is 2.60. The molecule has 0 radical (unpaired) electrons. The Kier molecular flexibility index (Phi) is 6.27. The number of likely N-dealkylation sites (N-methyl/N-ethyl adjacent to an activating group) is 1. The minimum atomic E-state index is -0.789. The summed E-state index contributed by atoms with van der Waals surface area (Å²) in [6, 6.07) is 9.65. The van der Waals surface area contributed by atoms with E-state index in [1.807, 2.05) is 29.2 Å². The van der Waals surface area contributed by atoms with Gasteiger partial charge in [0.2, 0.25) is 5.91 Å². The molecule has 2 atom stereocenters. The number of hydrogen-bond acceptors (Lipinski definition) is 6. The van der Waals surface area contributed by atoms with Crippen molar-refractivity contribution in [3.63, 3.8) is 0 Å². The average Bonchev–Trinajstić information content (AvgIpc) is 3.32. The molecule has 2 aliphatic rings. The molecule has 3 N–H and O–H groups in total. The van der Waals surface area contributed by atoms with Crippen LogP contribution in [0.5, 0.6) is 0 Å². The van der Waals surface area contributed by atoms with Gasteiger partial charge in [0.05, 0.1) is 24.5 Å². The molecule has 2 aromatic rings. The zero-order chi connectivity index (χ0) is 22.7. The van der Waals surface area contributed by atoms with E-state index in [9.17, 15) is 14.4 Å². The lowest BCUT2D eigenvalue weighted by Gasteiger charge is -2.38.